The minimum atomic E-state index is -0.529. The lowest BCUT2D eigenvalue weighted by Crippen LogP contribution is -2.26. The zero-order valence-corrected chi connectivity index (χ0v) is 10.1. The minimum Gasteiger partial charge on any atom is -0.388 e. The molecule has 1 amide bonds. The summed E-state index contributed by atoms with van der Waals surface area (Å²) in [6.07, 6.45) is 0.347. The van der Waals surface area contributed by atoms with Gasteiger partial charge in [0.25, 0.3) is 0 Å². The summed E-state index contributed by atoms with van der Waals surface area (Å²) in [6, 6.07) is 9.42. The molecule has 94 valence electrons. The largest absolute Gasteiger partial charge is 0.388 e. The molecule has 0 aliphatic carbocycles. The number of methoxy groups -OCH3 is 1. The lowest BCUT2D eigenvalue weighted by atomic mass is 10.1. The molecule has 0 heterocycles. The number of rotatable bonds is 7. The van der Waals surface area contributed by atoms with Gasteiger partial charge >= 0.3 is 0 Å². The van der Waals surface area contributed by atoms with Gasteiger partial charge in [-0.3, -0.25) is 4.79 Å². The van der Waals surface area contributed by atoms with Crippen molar-refractivity contribution in [2.75, 3.05) is 20.3 Å². The molecule has 0 spiro atoms. The Labute approximate surface area is 102 Å². The topological polar surface area (TPSA) is 58.6 Å². The van der Waals surface area contributed by atoms with Gasteiger partial charge in [-0.15, -0.1) is 0 Å². The van der Waals surface area contributed by atoms with Gasteiger partial charge < -0.3 is 15.2 Å². The van der Waals surface area contributed by atoms with Gasteiger partial charge in [-0.1, -0.05) is 30.3 Å². The second-order valence-corrected chi connectivity index (χ2v) is 3.81. The molecular weight excluding hydrogens is 218 g/mol. The third-order valence-corrected chi connectivity index (χ3v) is 2.46. The molecule has 1 unspecified atom stereocenters. The summed E-state index contributed by atoms with van der Waals surface area (Å²) < 4.78 is 4.80. The molecule has 0 aliphatic heterocycles. The molecule has 1 atom stereocenters. The van der Waals surface area contributed by atoms with Crippen LogP contribution < -0.4 is 5.32 Å². The van der Waals surface area contributed by atoms with E-state index < -0.39 is 6.10 Å². The standard InChI is InChI=1S/C13H19NO3/c1-17-10-8-13(16)14-9-7-12(15)11-5-3-2-4-6-11/h2-6,12,15H,7-10H2,1H3,(H,14,16). The Kier molecular flexibility index (Phi) is 6.29. The Bertz CT molecular complexity index is 327. The summed E-state index contributed by atoms with van der Waals surface area (Å²) in [7, 11) is 1.56. The number of aliphatic hydroxyl groups excluding tert-OH is 1. The van der Waals surface area contributed by atoms with Crippen LogP contribution in [0.3, 0.4) is 0 Å². The van der Waals surface area contributed by atoms with Crippen molar-refractivity contribution in [3.05, 3.63) is 35.9 Å². The molecule has 4 heteroatoms. The fraction of sp³-hybridized carbons (Fsp3) is 0.462. The number of hydrogen-bond acceptors (Lipinski definition) is 3. The Balaban J connectivity index is 2.20. The normalized spacial score (nSPS) is 12.1. The maximum atomic E-state index is 11.2. The highest BCUT2D eigenvalue weighted by atomic mass is 16.5. The molecule has 0 saturated carbocycles. The predicted molar refractivity (Wildman–Crippen MR) is 65.5 cm³/mol. The van der Waals surface area contributed by atoms with Crippen LogP contribution in [0.1, 0.15) is 24.5 Å². The maximum Gasteiger partial charge on any atom is 0.222 e. The fourth-order valence-electron chi connectivity index (χ4n) is 1.47. The smallest absolute Gasteiger partial charge is 0.222 e. The summed E-state index contributed by atoms with van der Waals surface area (Å²) in [5.74, 6) is -0.0490. The molecule has 0 saturated heterocycles. The number of amides is 1. The Morgan fingerprint density at radius 3 is 2.76 bits per heavy atom. The second kappa shape index (κ2) is 7.81. The molecule has 0 radical (unpaired) electrons. The number of carbonyl (C=O) groups is 1. The van der Waals surface area contributed by atoms with E-state index in [1.54, 1.807) is 7.11 Å². The Morgan fingerprint density at radius 1 is 1.41 bits per heavy atom. The first kappa shape index (κ1) is 13.7. The lowest BCUT2D eigenvalue weighted by Gasteiger charge is -2.11. The van der Waals surface area contributed by atoms with Crippen LogP contribution in [0, 0.1) is 0 Å². The number of carbonyl (C=O) groups excluding carboxylic acids is 1. The van der Waals surface area contributed by atoms with Crippen LogP contribution in [-0.2, 0) is 9.53 Å². The van der Waals surface area contributed by atoms with Crippen molar-refractivity contribution in [3.63, 3.8) is 0 Å². The molecule has 1 rings (SSSR count). The van der Waals surface area contributed by atoms with Gasteiger partial charge in [0.1, 0.15) is 0 Å². The molecule has 4 nitrogen and oxygen atoms in total. The number of benzene rings is 1. The quantitative estimate of drug-likeness (QED) is 0.750. The van der Waals surface area contributed by atoms with Crippen molar-refractivity contribution in [2.45, 2.75) is 18.9 Å². The highest BCUT2D eigenvalue weighted by Gasteiger charge is 2.07. The molecule has 0 fully saturated rings. The van der Waals surface area contributed by atoms with E-state index in [-0.39, 0.29) is 5.91 Å². The first-order valence-electron chi connectivity index (χ1n) is 5.72. The highest BCUT2D eigenvalue weighted by molar-refractivity contribution is 5.75. The van der Waals surface area contributed by atoms with E-state index in [1.807, 2.05) is 30.3 Å². The lowest BCUT2D eigenvalue weighted by molar-refractivity contribution is -0.122. The summed E-state index contributed by atoms with van der Waals surface area (Å²) in [6.45, 7) is 0.895. The highest BCUT2D eigenvalue weighted by Crippen LogP contribution is 2.14. The molecule has 0 aliphatic rings. The van der Waals surface area contributed by atoms with Crippen molar-refractivity contribution in [1.82, 2.24) is 5.32 Å². The van der Waals surface area contributed by atoms with Crippen molar-refractivity contribution >= 4 is 5.91 Å². The minimum absolute atomic E-state index is 0.0490. The average molecular weight is 237 g/mol. The number of hydrogen-bond donors (Lipinski definition) is 2. The predicted octanol–water partition coefficient (Wildman–Crippen LogP) is 1.26. The van der Waals surface area contributed by atoms with Crippen LogP contribution in [0.15, 0.2) is 30.3 Å². The molecule has 1 aromatic rings. The van der Waals surface area contributed by atoms with Gasteiger partial charge in [0.05, 0.1) is 12.7 Å². The summed E-state index contributed by atoms with van der Waals surface area (Å²) in [5.41, 5.74) is 0.874. The van der Waals surface area contributed by atoms with Gasteiger partial charge in [0.15, 0.2) is 0 Å². The van der Waals surface area contributed by atoms with Crippen molar-refractivity contribution < 1.29 is 14.6 Å². The van der Waals surface area contributed by atoms with Crippen LogP contribution in [0.5, 0.6) is 0 Å². The molecule has 0 aromatic heterocycles. The molecule has 17 heavy (non-hydrogen) atoms. The van der Waals surface area contributed by atoms with Gasteiger partial charge in [0.2, 0.25) is 5.91 Å². The summed E-state index contributed by atoms with van der Waals surface area (Å²) in [4.78, 5) is 11.2. The van der Waals surface area contributed by atoms with E-state index in [0.29, 0.717) is 26.0 Å². The van der Waals surface area contributed by atoms with Gasteiger partial charge in [0, 0.05) is 20.1 Å². The number of aliphatic hydroxyl groups is 1. The second-order valence-electron chi connectivity index (χ2n) is 3.81. The first-order chi connectivity index (χ1) is 8.24. The van der Waals surface area contributed by atoms with Crippen molar-refractivity contribution in [2.24, 2.45) is 0 Å². The van der Waals surface area contributed by atoms with Gasteiger partial charge in [-0.2, -0.15) is 0 Å². The number of ether oxygens (including phenoxy) is 1. The third-order valence-electron chi connectivity index (χ3n) is 2.46. The maximum absolute atomic E-state index is 11.2. The van der Waals surface area contributed by atoms with Crippen LogP contribution in [0.2, 0.25) is 0 Å². The summed E-state index contributed by atoms with van der Waals surface area (Å²) in [5, 5.41) is 12.6. The molecule has 2 N–H and O–H groups in total. The van der Waals surface area contributed by atoms with Gasteiger partial charge in [-0.25, -0.2) is 0 Å². The zero-order valence-electron chi connectivity index (χ0n) is 10.1. The SMILES string of the molecule is COCCC(=O)NCCC(O)c1ccccc1. The first-order valence-corrected chi connectivity index (χ1v) is 5.72. The monoisotopic (exact) mass is 237 g/mol. The van der Waals surface area contributed by atoms with E-state index in [1.165, 1.54) is 0 Å². The summed E-state index contributed by atoms with van der Waals surface area (Å²) >= 11 is 0. The molecule has 1 aromatic carbocycles. The van der Waals surface area contributed by atoms with E-state index in [2.05, 4.69) is 5.32 Å². The average Bonchev–Trinajstić information content (AvgIpc) is 2.37. The van der Waals surface area contributed by atoms with Crippen molar-refractivity contribution in [3.8, 4) is 0 Å². The van der Waals surface area contributed by atoms with Crippen molar-refractivity contribution in [1.29, 1.82) is 0 Å². The molecular formula is C13H19NO3. The zero-order chi connectivity index (χ0) is 12.5. The van der Waals surface area contributed by atoms with E-state index in [0.717, 1.165) is 5.56 Å². The van der Waals surface area contributed by atoms with Crippen LogP contribution in [0.25, 0.3) is 0 Å². The van der Waals surface area contributed by atoms with Crippen LogP contribution >= 0.6 is 0 Å². The number of nitrogens with one attached hydrogen (secondary N) is 1. The van der Waals surface area contributed by atoms with Gasteiger partial charge in [-0.05, 0) is 12.0 Å². The Hall–Kier alpha value is -1.39. The Morgan fingerprint density at radius 2 is 2.12 bits per heavy atom. The van der Waals surface area contributed by atoms with E-state index in [9.17, 15) is 9.90 Å². The fourth-order valence-corrected chi connectivity index (χ4v) is 1.47. The third kappa shape index (κ3) is 5.47. The van der Waals surface area contributed by atoms with E-state index >= 15 is 0 Å². The van der Waals surface area contributed by atoms with Crippen LogP contribution in [0.4, 0.5) is 0 Å². The van der Waals surface area contributed by atoms with E-state index in [4.69, 9.17) is 4.74 Å². The van der Waals surface area contributed by atoms with Crippen LogP contribution in [-0.4, -0.2) is 31.3 Å². The molecule has 0 bridgehead atoms.